The number of hydrogen-bond donors (Lipinski definition) is 0. The van der Waals surface area contributed by atoms with Gasteiger partial charge in [0.2, 0.25) is 0 Å². The quantitative estimate of drug-likeness (QED) is 0.491. The molecule has 0 saturated heterocycles. The maximum absolute atomic E-state index is 2.45. The van der Waals surface area contributed by atoms with Crippen LogP contribution in [0.15, 0.2) is 0 Å². The molecule has 0 aromatic heterocycles. The van der Waals surface area contributed by atoms with Crippen LogP contribution in [-0.2, 0) is 0 Å². The smallest absolute Gasteiger partial charge is 0.0417 e. The van der Waals surface area contributed by atoms with Crippen LogP contribution in [-0.4, -0.2) is 9.52 Å². The SMILES string of the molecule is C[Si]C1(C)CCCCC1. The lowest BCUT2D eigenvalue weighted by Gasteiger charge is -2.31. The Hall–Kier alpha value is 0.217. The highest BCUT2D eigenvalue weighted by molar-refractivity contribution is 6.38. The van der Waals surface area contributed by atoms with E-state index in [1.165, 1.54) is 32.1 Å². The van der Waals surface area contributed by atoms with E-state index in [4.69, 9.17) is 0 Å². The summed E-state index contributed by atoms with van der Waals surface area (Å²) in [5.74, 6) is 0. The van der Waals surface area contributed by atoms with Gasteiger partial charge in [-0.15, -0.1) is 0 Å². The lowest BCUT2D eigenvalue weighted by molar-refractivity contribution is 0.400. The summed E-state index contributed by atoms with van der Waals surface area (Å²) in [5, 5.41) is 0.748. The van der Waals surface area contributed by atoms with Crippen molar-refractivity contribution >= 4 is 9.52 Å². The first-order valence-electron chi connectivity index (χ1n) is 3.96. The van der Waals surface area contributed by atoms with Crippen LogP contribution in [0.25, 0.3) is 0 Å². The van der Waals surface area contributed by atoms with Gasteiger partial charge in [-0.3, -0.25) is 0 Å². The van der Waals surface area contributed by atoms with Crippen LogP contribution in [0, 0.1) is 0 Å². The highest BCUT2D eigenvalue weighted by atomic mass is 28.2. The Morgan fingerprint density at radius 3 is 2.00 bits per heavy atom. The molecule has 1 aliphatic carbocycles. The van der Waals surface area contributed by atoms with E-state index in [-0.39, 0.29) is 0 Å². The van der Waals surface area contributed by atoms with Gasteiger partial charge >= 0.3 is 0 Å². The molecule has 0 spiro atoms. The van der Waals surface area contributed by atoms with E-state index in [1.54, 1.807) is 0 Å². The van der Waals surface area contributed by atoms with Gasteiger partial charge in [-0.2, -0.15) is 0 Å². The minimum atomic E-state index is 0.748. The highest BCUT2D eigenvalue weighted by Crippen LogP contribution is 2.40. The molecule has 0 amide bonds. The molecular formula is C8H16Si. The maximum Gasteiger partial charge on any atom is 0.0417 e. The standard InChI is InChI=1S/C8H16Si/c1-8(9-2)6-4-3-5-7-8/h3-7H2,1-2H3. The molecule has 0 aliphatic heterocycles. The van der Waals surface area contributed by atoms with Crippen LogP contribution < -0.4 is 0 Å². The van der Waals surface area contributed by atoms with Gasteiger partial charge in [-0.05, 0) is 5.04 Å². The fourth-order valence-corrected chi connectivity index (χ4v) is 2.44. The molecule has 1 aliphatic rings. The lowest BCUT2D eigenvalue weighted by Crippen LogP contribution is -2.17. The molecule has 1 fully saturated rings. The van der Waals surface area contributed by atoms with E-state index in [2.05, 4.69) is 13.5 Å². The molecule has 0 N–H and O–H groups in total. The van der Waals surface area contributed by atoms with E-state index < -0.39 is 0 Å². The summed E-state index contributed by atoms with van der Waals surface area (Å²) in [6.07, 6.45) is 7.43. The molecule has 9 heavy (non-hydrogen) atoms. The lowest BCUT2D eigenvalue weighted by atomic mass is 9.90. The fraction of sp³-hybridized carbons (Fsp3) is 1.00. The number of rotatable bonds is 1. The molecule has 1 saturated carbocycles. The molecule has 0 bridgehead atoms. The van der Waals surface area contributed by atoms with Crippen LogP contribution in [0.1, 0.15) is 39.0 Å². The van der Waals surface area contributed by atoms with Crippen molar-refractivity contribution in [2.24, 2.45) is 0 Å². The van der Waals surface area contributed by atoms with E-state index >= 15 is 0 Å². The van der Waals surface area contributed by atoms with Gasteiger partial charge in [0.1, 0.15) is 0 Å². The van der Waals surface area contributed by atoms with Crippen LogP contribution >= 0.6 is 0 Å². The normalized spacial score (nSPS) is 26.0. The highest BCUT2D eigenvalue weighted by Gasteiger charge is 2.24. The van der Waals surface area contributed by atoms with E-state index in [9.17, 15) is 0 Å². The van der Waals surface area contributed by atoms with Gasteiger partial charge in [0, 0.05) is 9.52 Å². The Bertz CT molecular complexity index is 82.6. The topological polar surface area (TPSA) is 0 Å². The van der Waals surface area contributed by atoms with Gasteiger partial charge in [0.05, 0.1) is 0 Å². The average molecular weight is 140 g/mol. The molecule has 0 nitrogen and oxygen atoms in total. The Morgan fingerprint density at radius 1 is 1.11 bits per heavy atom. The zero-order valence-electron chi connectivity index (χ0n) is 6.54. The minimum Gasteiger partial charge on any atom is -0.0728 e. The van der Waals surface area contributed by atoms with E-state index in [1.807, 2.05) is 0 Å². The van der Waals surface area contributed by atoms with Gasteiger partial charge in [0.25, 0.3) is 0 Å². The van der Waals surface area contributed by atoms with Crippen molar-refractivity contribution in [3.8, 4) is 0 Å². The third kappa shape index (κ3) is 1.82. The summed E-state index contributed by atoms with van der Waals surface area (Å²) in [4.78, 5) is 0. The second-order valence-electron chi connectivity index (χ2n) is 3.37. The molecule has 0 heterocycles. The summed E-state index contributed by atoms with van der Waals surface area (Å²) < 4.78 is 0. The molecule has 0 unspecified atom stereocenters. The van der Waals surface area contributed by atoms with Crippen molar-refractivity contribution in [1.82, 2.24) is 0 Å². The van der Waals surface area contributed by atoms with Crippen molar-refractivity contribution < 1.29 is 0 Å². The van der Waals surface area contributed by atoms with Crippen molar-refractivity contribution in [3.05, 3.63) is 0 Å². The third-order valence-corrected chi connectivity index (χ3v) is 4.27. The summed E-state index contributed by atoms with van der Waals surface area (Å²) in [7, 11) is 1.16. The Morgan fingerprint density at radius 2 is 1.67 bits per heavy atom. The first-order valence-corrected chi connectivity index (χ1v) is 5.46. The second kappa shape index (κ2) is 2.87. The van der Waals surface area contributed by atoms with E-state index in [0.717, 1.165) is 14.6 Å². The molecule has 0 atom stereocenters. The Kier molecular flexibility index (Phi) is 2.33. The maximum atomic E-state index is 2.45. The van der Waals surface area contributed by atoms with Gasteiger partial charge in [-0.1, -0.05) is 45.6 Å². The summed E-state index contributed by atoms with van der Waals surface area (Å²) in [5.41, 5.74) is 0. The van der Waals surface area contributed by atoms with Crippen LogP contribution in [0.2, 0.25) is 11.6 Å². The number of hydrogen-bond acceptors (Lipinski definition) is 0. The van der Waals surface area contributed by atoms with Crippen LogP contribution in [0.3, 0.4) is 0 Å². The zero-order valence-corrected chi connectivity index (χ0v) is 7.54. The summed E-state index contributed by atoms with van der Waals surface area (Å²) in [6, 6.07) is 0. The molecular weight excluding hydrogens is 124 g/mol. The monoisotopic (exact) mass is 140 g/mol. The van der Waals surface area contributed by atoms with Crippen molar-refractivity contribution in [2.45, 2.75) is 50.6 Å². The fourth-order valence-electron chi connectivity index (χ4n) is 1.58. The first-order chi connectivity index (χ1) is 4.27. The van der Waals surface area contributed by atoms with Gasteiger partial charge in [-0.25, -0.2) is 0 Å². The molecule has 2 radical (unpaired) electrons. The molecule has 1 heteroatoms. The first kappa shape index (κ1) is 7.33. The second-order valence-corrected chi connectivity index (χ2v) is 5.08. The Labute approximate surface area is 60.9 Å². The largest absolute Gasteiger partial charge is 0.0728 e. The minimum absolute atomic E-state index is 0.748. The predicted molar refractivity (Wildman–Crippen MR) is 43.1 cm³/mol. The van der Waals surface area contributed by atoms with Gasteiger partial charge in [0.15, 0.2) is 0 Å². The van der Waals surface area contributed by atoms with Crippen LogP contribution in [0.5, 0.6) is 0 Å². The van der Waals surface area contributed by atoms with Crippen LogP contribution in [0.4, 0.5) is 0 Å². The van der Waals surface area contributed by atoms with Crippen molar-refractivity contribution in [1.29, 1.82) is 0 Å². The Balaban J connectivity index is 2.37. The van der Waals surface area contributed by atoms with Gasteiger partial charge < -0.3 is 0 Å². The van der Waals surface area contributed by atoms with Crippen molar-refractivity contribution in [2.75, 3.05) is 0 Å². The third-order valence-electron chi connectivity index (χ3n) is 2.56. The summed E-state index contributed by atoms with van der Waals surface area (Å²) >= 11 is 0. The summed E-state index contributed by atoms with van der Waals surface area (Å²) in [6.45, 7) is 4.80. The molecule has 0 aromatic carbocycles. The molecule has 52 valence electrons. The molecule has 0 aromatic rings. The molecule has 1 rings (SSSR count). The van der Waals surface area contributed by atoms with Crippen molar-refractivity contribution in [3.63, 3.8) is 0 Å². The van der Waals surface area contributed by atoms with E-state index in [0.29, 0.717) is 0 Å². The predicted octanol–water partition coefficient (Wildman–Crippen LogP) is 2.88. The average Bonchev–Trinajstić information content (AvgIpc) is 1.90. The zero-order chi connectivity index (χ0) is 6.74.